The number of rotatable bonds is 1. The molecule has 0 atom stereocenters. The normalized spacial score (nSPS) is 12.3. The maximum absolute atomic E-state index is 9.89. The first-order chi connectivity index (χ1) is 6.89. The van der Waals surface area contributed by atoms with E-state index in [9.17, 15) is 5.11 Å². The fourth-order valence-electron chi connectivity index (χ4n) is 1.55. The minimum atomic E-state index is -0.813. The lowest BCUT2D eigenvalue weighted by atomic mass is 10.0. The monoisotopic (exact) mass is 221 g/mol. The van der Waals surface area contributed by atoms with E-state index in [1.807, 2.05) is 6.07 Å². The first-order valence-electron chi connectivity index (χ1n) is 4.98. The molecule has 80 valence electrons. The van der Waals surface area contributed by atoms with Crippen molar-refractivity contribution in [3.63, 3.8) is 0 Å². The van der Waals surface area contributed by atoms with E-state index in [1.54, 1.807) is 31.4 Å². The Morgan fingerprint density at radius 2 is 2.00 bits per heavy atom. The van der Waals surface area contributed by atoms with E-state index >= 15 is 0 Å². The summed E-state index contributed by atoms with van der Waals surface area (Å²) >= 11 is 1.74. The molecule has 0 unspecified atom stereocenters. The van der Waals surface area contributed by atoms with Crippen molar-refractivity contribution in [2.24, 2.45) is 0 Å². The second kappa shape index (κ2) is 3.29. The number of aliphatic hydroxyl groups is 1. The van der Waals surface area contributed by atoms with Gasteiger partial charge in [-0.25, -0.2) is 0 Å². The Morgan fingerprint density at radius 3 is 2.60 bits per heavy atom. The molecule has 0 amide bonds. The summed E-state index contributed by atoms with van der Waals surface area (Å²) in [5.41, 5.74) is 2.37. The lowest BCUT2D eigenvalue weighted by Gasteiger charge is -2.16. The van der Waals surface area contributed by atoms with Gasteiger partial charge >= 0.3 is 0 Å². The molecule has 0 aliphatic heterocycles. The molecule has 2 aromatic heterocycles. The summed E-state index contributed by atoms with van der Waals surface area (Å²) in [4.78, 5) is 5.72. The zero-order chi connectivity index (χ0) is 11.2. The zero-order valence-electron chi connectivity index (χ0n) is 9.46. The minimum Gasteiger partial charge on any atom is -0.386 e. The minimum absolute atomic E-state index is 0.813. The molecule has 0 fully saturated rings. The van der Waals surface area contributed by atoms with Crippen molar-refractivity contribution in [2.45, 2.75) is 33.3 Å². The van der Waals surface area contributed by atoms with Crippen molar-refractivity contribution >= 4 is 21.6 Å². The van der Waals surface area contributed by atoms with E-state index < -0.39 is 5.60 Å². The van der Waals surface area contributed by atoms with Crippen LogP contribution in [0.3, 0.4) is 0 Å². The van der Waals surface area contributed by atoms with Gasteiger partial charge in [0.1, 0.15) is 0 Å². The van der Waals surface area contributed by atoms with Crippen molar-refractivity contribution in [2.75, 3.05) is 0 Å². The van der Waals surface area contributed by atoms with Crippen LogP contribution in [-0.4, -0.2) is 10.1 Å². The molecular formula is C12H15NOS. The Bertz CT molecular complexity index is 508. The Labute approximate surface area is 93.6 Å². The highest BCUT2D eigenvalue weighted by Gasteiger charge is 2.17. The average molecular weight is 221 g/mol. The van der Waals surface area contributed by atoms with Gasteiger partial charge in [0.15, 0.2) is 0 Å². The van der Waals surface area contributed by atoms with Crippen LogP contribution in [0.5, 0.6) is 0 Å². The third-order valence-electron chi connectivity index (χ3n) is 2.71. The van der Waals surface area contributed by atoms with Gasteiger partial charge in [0, 0.05) is 16.6 Å². The predicted octanol–water partition coefficient (Wildman–Crippen LogP) is 3.14. The summed E-state index contributed by atoms with van der Waals surface area (Å²) in [5.74, 6) is 0. The quantitative estimate of drug-likeness (QED) is 0.802. The van der Waals surface area contributed by atoms with Crippen LogP contribution < -0.4 is 0 Å². The smallest absolute Gasteiger partial charge is 0.0855 e. The van der Waals surface area contributed by atoms with Crippen molar-refractivity contribution in [1.82, 2.24) is 4.98 Å². The number of pyridine rings is 1. The summed E-state index contributed by atoms with van der Waals surface area (Å²) in [6.45, 7) is 7.75. The number of aromatic nitrogens is 1. The average Bonchev–Trinajstić information content (AvgIpc) is 2.41. The summed E-state index contributed by atoms with van der Waals surface area (Å²) in [6.07, 6.45) is 1.77. The third kappa shape index (κ3) is 1.77. The molecule has 15 heavy (non-hydrogen) atoms. The van der Waals surface area contributed by atoms with Gasteiger partial charge in [0.25, 0.3) is 0 Å². The number of aryl methyl sites for hydroxylation is 2. The Hall–Kier alpha value is -0.930. The van der Waals surface area contributed by atoms with Gasteiger partial charge in [-0.3, -0.25) is 4.98 Å². The second-order valence-corrected chi connectivity index (χ2v) is 5.67. The molecule has 3 heteroatoms. The highest BCUT2D eigenvalue weighted by atomic mass is 32.1. The second-order valence-electron chi connectivity index (χ2n) is 4.41. The molecule has 1 N–H and O–H groups in total. The van der Waals surface area contributed by atoms with Crippen LogP contribution in [0.1, 0.15) is 29.9 Å². The van der Waals surface area contributed by atoms with E-state index in [4.69, 9.17) is 0 Å². The van der Waals surface area contributed by atoms with Gasteiger partial charge in [-0.15, -0.1) is 11.3 Å². The van der Waals surface area contributed by atoms with Crippen LogP contribution in [0.15, 0.2) is 12.3 Å². The molecule has 0 radical (unpaired) electrons. The summed E-state index contributed by atoms with van der Waals surface area (Å²) < 4.78 is 1.16. The number of hydrogen-bond acceptors (Lipinski definition) is 3. The lowest BCUT2D eigenvalue weighted by Crippen LogP contribution is -2.15. The molecule has 0 aromatic carbocycles. The van der Waals surface area contributed by atoms with Crippen LogP contribution in [0, 0.1) is 13.8 Å². The molecule has 2 heterocycles. The van der Waals surface area contributed by atoms with E-state index in [0.29, 0.717) is 0 Å². The van der Waals surface area contributed by atoms with E-state index in [0.717, 1.165) is 15.8 Å². The number of fused-ring (bicyclic) bond motifs is 1. The van der Waals surface area contributed by atoms with Gasteiger partial charge in [-0.1, -0.05) is 0 Å². The summed E-state index contributed by atoms with van der Waals surface area (Å²) in [5, 5.41) is 9.89. The van der Waals surface area contributed by atoms with Crippen molar-refractivity contribution in [3.8, 4) is 0 Å². The topological polar surface area (TPSA) is 33.1 Å². The molecule has 2 rings (SSSR count). The molecule has 0 aliphatic carbocycles. The van der Waals surface area contributed by atoms with Crippen molar-refractivity contribution in [3.05, 3.63) is 28.3 Å². The first kappa shape index (κ1) is 10.6. The van der Waals surface area contributed by atoms with Crippen LogP contribution in [-0.2, 0) is 5.60 Å². The lowest BCUT2D eigenvalue weighted by molar-refractivity contribution is 0.0784. The highest BCUT2D eigenvalue weighted by Crippen LogP contribution is 2.31. The van der Waals surface area contributed by atoms with Gasteiger partial charge in [-0.05, 0) is 39.3 Å². The third-order valence-corrected chi connectivity index (χ3v) is 3.85. The number of nitrogens with zero attached hydrogens (tertiary/aromatic N) is 1. The van der Waals surface area contributed by atoms with Crippen molar-refractivity contribution in [1.29, 1.82) is 0 Å². The molecular weight excluding hydrogens is 206 g/mol. The van der Waals surface area contributed by atoms with Gasteiger partial charge in [0.05, 0.1) is 15.8 Å². The molecule has 2 aromatic rings. The van der Waals surface area contributed by atoms with Crippen molar-refractivity contribution < 1.29 is 5.11 Å². The summed E-state index contributed by atoms with van der Waals surface area (Å²) in [6, 6.07) is 2.03. The molecule has 0 spiro atoms. The van der Waals surface area contributed by atoms with E-state index in [-0.39, 0.29) is 0 Å². The van der Waals surface area contributed by atoms with Gasteiger partial charge in [-0.2, -0.15) is 0 Å². The molecule has 0 saturated heterocycles. The Balaban J connectivity index is 2.67. The fraction of sp³-hybridized carbons (Fsp3) is 0.417. The number of hydrogen-bond donors (Lipinski definition) is 1. The van der Waals surface area contributed by atoms with Crippen LogP contribution in [0.2, 0.25) is 0 Å². The van der Waals surface area contributed by atoms with Gasteiger partial charge < -0.3 is 5.11 Å². The van der Waals surface area contributed by atoms with Gasteiger partial charge in [0.2, 0.25) is 0 Å². The maximum Gasteiger partial charge on any atom is 0.0855 e. The maximum atomic E-state index is 9.89. The molecule has 0 bridgehead atoms. The number of thiophene rings is 1. The van der Waals surface area contributed by atoms with Crippen LogP contribution in [0.25, 0.3) is 10.2 Å². The SMILES string of the molecule is Cc1sc2cc(C(C)(C)O)cnc2c1C. The molecule has 0 aliphatic rings. The highest BCUT2D eigenvalue weighted by molar-refractivity contribution is 7.19. The first-order valence-corrected chi connectivity index (χ1v) is 5.80. The van der Waals surface area contributed by atoms with E-state index in [1.165, 1.54) is 10.4 Å². The molecule has 2 nitrogen and oxygen atoms in total. The fourth-order valence-corrected chi connectivity index (χ4v) is 2.61. The predicted molar refractivity (Wildman–Crippen MR) is 64.3 cm³/mol. The Kier molecular flexibility index (Phi) is 2.32. The Morgan fingerprint density at radius 1 is 1.33 bits per heavy atom. The largest absolute Gasteiger partial charge is 0.386 e. The van der Waals surface area contributed by atoms with E-state index in [2.05, 4.69) is 18.8 Å². The molecule has 0 saturated carbocycles. The standard InChI is InChI=1S/C12H15NOS/c1-7-8(2)15-10-5-9(12(3,4)14)6-13-11(7)10/h5-6,14H,1-4H3. The summed E-state index contributed by atoms with van der Waals surface area (Å²) in [7, 11) is 0. The van der Waals surface area contributed by atoms with Crippen LogP contribution in [0.4, 0.5) is 0 Å². The van der Waals surface area contributed by atoms with Crippen LogP contribution >= 0.6 is 11.3 Å². The zero-order valence-corrected chi connectivity index (χ0v) is 10.3.